The molecule has 0 aliphatic carbocycles. The van der Waals surface area contributed by atoms with Gasteiger partial charge in [0, 0.05) is 27.2 Å². The maximum atomic E-state index is 12.7. The van der Waals surface area contributed by atoms with Crippen LogP contribution >= 0.6 is 11.5 Å². The molecule has 112 valence electrons. The molecule has 3 heterocycles. The van der Waals surface area contributed by atoms with Gasteiger partial charge in [0.1, 0.15) is 5.00 Å². The van der Waals surface area contributed by atoms with Crippen LogP contribution < -0.4 is 11.0 Å². The van der Waals surface area contributed by atoms with Gasteiger partial charge in [0.05, 0.1) is 17.8 Å². The molecule has 0 bridgehead atoms. The van der Waals surface area contributed by atoms with Crippen LogP contribution in [-0.4, -0.2) is 43.1 Å². The summed E-state index contributed by atoms with van der Waals surface area (Å²) in [7, 11) is 3.39. The van der Waals surface area contributed by atoms with Gasteiger partial charge in [-0.3, -0.25) is 9.36 Å². The molecule has 2 aromatic rings. The Morgan fingerprint density at radius 1 is 1.38 bits per heavy atom. The molecule has 0 aromatic carbocycles. The number of nitrogens with zero attached hydrogens (tertiary/aromatic N) is 5. The van der Waals surface area contributed by atoms with Crippen molar-refractivity contribution in [2.45, 2.75) is 20.0 Å². The number of carbonyl (C=O) groups is 1. The minimum atomic E-state index is -0.138. The average molecular weight is 308 g/mol. The van der Waals surface area contributed by atoms with Gasteiger partial charge in [0.25, 0.3) is 5.91 Å². The lowest BCUT2D eigenvalue weighted by Crippen LogP contribution is -2.41. The van der Waals surface area contributed by atoms with E-state index in [9.17, 15) is 9.59 Å². The minimum absolute atomic E-state index is 0.0741. The molecule has 21 heavy (non-hydrogen) atoms. The topological polar surface area (TPSA) is 85.1 Å². The van der Waals surface area contributed by atoms with Crippen molar-refractivity contribution in [2.75, 3.05) is 18.9 Å². The second-order valence-corrected chi connectivity index (χ2v) is 5.70. The molecule has 1 aliphatic heterocycles. The van der Waals surface area contributed by atoms with E-state index in [2.05, 4.69) is 14.8 Å². The van der Waals surface area contributed by atoms with Gasteiger partial charge in [-0.2, -0.15) is 9.47 Å². The van der Waals surface area contributed by atoms with Crippen LogP contribution in [0.3, 0.4) is 0 Å². The quantitative estimate of drug-likeness (QED) is 0.847. The molecule has 0 fully saturated rings. The second kappa shape index (κ2) is 4.99. The zero-order chi connectivity index (χ0) is 15.1. The summed E-state index contributed by atoms with van der Waals surface area (Å²) < 4.78 is 7.14. The van der Waals surface area contributed by atoms with Crippen molar-refractivity contribution in [3.63, 3.8) is 0 Å². The summed E-state index contributed by atoms with van der Waals surface area (Å²) in [6, 6.07) is 0. The molecule has 1 aliphatic rings. The summed E-state index contributed by atoms with van der Waals surface area (Å²) in [5.74, 6) is 0.545. The van der Waals surface area contributed by atoms with E-state index in [0.29, 0.717) is 31.0 Å². The van der Waals surface area contributed by atoms with Crippen LogP contribution in [0.25, 0.3) is 0 Å². The van der Waals surface area contributed by atoms with Gasteiger partial charge in [-0.25, -0.2) is 9.48 Å². The first-order chi connectivity index (χ1) is 10.0. The first-order valence-corrected chi connectivity index (χ1v) is 7.36. The minimum Gasteiger partial charge on any atom is -0.378 e. The maximum Gasteiger partial charge on any atom is 0.345 e. The molecule has 0 radical (unpaired) electrons. The van der Waals surface area contributed by atoms with Gasteiger partial charge >= 0.3 is 5.69 Å². The summed E-state index contributed by atoms with van der Waals surface area (Å²) in [6.45, 7) is 3.13. The van der Waals surface area contributed by atoms with Crippen LogP contribution in [0.2, 0.25) is 0 Å². The zero-order valence-corrected chi connectivity index (χ0v) is 12.9. The molecule has 0 saturated heterocycles. The van der Waals surface area contributed by atoms with Crippen molar-refractivity contribution in [3.05, 3.63) is 27.6 Å². The summed E-state index contributed by atoms with van der Waals surface area (Å²) in [4.78, 5) is 26.2. The Morgan fingerprint density at radius 2 is 2.14 bits per heavy atom. The van der Waals surface area contributed by atoms with Crippen LogP contribution in [0, 0.1) is 6.92 Å². The van der Waals surface area contributed by atoms with E-state index in [0.717, 1.165) is 10.7 Å². The molecule has 0 spiro atoms. The highest BCUT2D eigenvalue weighted by Crippen LogP contribution is 2.26. The van der Waals surface area contributed by atoms with E-state index >= 15 is 0 Å². The lowest BCUT2D eigenvalue weighted by Gasteiger charge is -2.26. The van der Waals surface area contributed by atoms with Crippen LogP contribution in [0.5, 0.6) is 0 Å². The molecule has 1 N–H and O–H groups in total. The Hall–Kier alpha value is -2.16. The van der Waals surface area contributed by atoms with Crippen molar-refractivity contribution in [1.82, 2.24) is 23.6 Å². The van der Waals surface area contributed by atoms with Crippen LogP contribution in [-0.2, 0) is 20.1 Å². The third-order valence-electron chi connectivity index (χ3n) is 3.60. The molecule has 3 rings (SSSR count). The number of nitrogens with one attached hydrogen (secondary N) is 1. The fraction of sp³-hybridized carbons (Fsp3) is 0.500. The molecule has 0 unspecified atom stereocenters. The van der Waals surface area contributed by atoms with E-state index in [1.165, 1.54) is 16.2 Å². The van der Waals surface area contributed by atoms with Crippen molar-refractivity contribution in [3.8, 4) is 0 Å². The number of aromatic nitrogens is 4. The molecular weight excluding hydrogens is 292 g/mol. The third-order valence-corrected chi connectivity index (χ3v) is 4.56. The monoisotopic (exact) mass is 308 g/mol. The number of carbonyl (C=O) groups excluding carboxylic acids is 1. The molecule has 1 amide bonds. The standard InChI is InChI=1S/C12H16N6O2S/c1-7-9(10(13-2)21-15-7)11(19)17-4-5-18-8(6-17)14-16(3)12(18)20/h13H,4-6H2,1-3H3. The Bertz CT molecular complexity index is 758. The molecular formula is C12H16N6O2S. The third kappa shape index (κ3) is 2.13. The predicted octanol–water partition coefficient (Wildman–Crippen LogP) is 0.0444. The van der Waals surface area contributed by atoms with E-state index < -0.39 is 0 Å². The highest BCUT2D eigenvalue weighted by Gasteiger charge is 2.28. The van der Waals surface area contributed by atoms with Crippen LogP contribution in [0.15, 0.2) is 4.79 Å². The first-order valence-electron chi connectivity index (χ1n) is 6.59. The highest BCUT2D eigenvalue weighted by atomic mass is 32.1. The number of hydrogen-bond acceptors (Lipinski definition) is 6. The summed E-state index contributed by atoms with van der Waals surface area (Å²) >= 11 is 1.28. The predicted molar refractivity (Wildman–Crippen MR) is 78.6 cm³/mol. The number of aryl methyl sites for hydroxylation is 2. The van der Waals surface area contributed by atoms with E-state index in [1.807, 2.05) is 6.92 Å². The lowest BCUT2D eigenvalue weighted by molar-refractivity contribution is 0.0707. The van der Waals surface area contributed by atoms with E-state index in [4.69, 9.17) is 0 Å². The summed E-state index contributed by atoms with van der Waals surface area (Å²) in [6.07, 6.45) is 0. The maximum absolute atomic E-state index is 12.7. The van der Waals surface area contributed by atoms with Crippen molar-refractivity contribution in [1.29, 1.82) is 0 Å². The number of amides is 1. The molecule has 8 nitrogen and oxygen atoms in total. The Kier molecular flexibility index (Phi) is 3.28. The molecule has 0 atom stereocenters. The van der Waals surface area contributed by atoms with Crippen LogP contribution in [0.4, 0.5) is 5.00 Å². The van der Waals surface area contributed by atoms with Crippen molar-refractivity contribution < 1.29 is 4.79 Å². The van der Waals surface area contributed by atoms with Crippen molar-refractivity contribution in [2.24, 2.45) is 7.05 Å². The van der Waals surface area contributed by atoms with Gasteiger partial charge in [0.2, 0.25) is 0 Å². The first kappa shape index (κ1) is 13.8. The number of fused-ring (bicyclic) bond motifs is 1. The highest BCUT2D eigenvalue weighted by molar-refractivity contribution is 7.10. The smallest absolute Gasteiger partial charge is 0.345 e. The second-order valence-electron chi connectivity index (χ2n) is 4.92. The van der Waals surface area contributed by atoms with Crippen LogP contribution in [0.1, 0.15) is 21.9 Å². The number of anilines is 1. The number of hydrogen-bond donors (Lipinski definition) is 1. The van der Waals surface area contributed by atoms with Crippen molar-refractivity contribution >= 4 is 22.4 Å². The summed E-state index contributed by atoms with van der Waals surface area (Å²) in [5, 5.41) is 7.94. The van der Waals surface area contributed by atoms with Gasteiger partial charge in [-0.15, -0.1) is 0 Å². The fourth-order valence-corrected chi connectivity index (χ4v) is 3.23. The largest absolute Gasteiger partial charge is 0.378 e. The van der Waals surface area contributed by atoms with Gasteiger partial charge in [-0.05, 0) is 18.5 Å². The Morgan fingerprint density at radius 3 is 2.86 bits per heavy atom. The average Bonchev–Trinajstić information content (AvgIpc) is 2.98. The zero-order valence-electron chi connectivity index (χ0n) is 12.1. The normalized spacial score (nSPS) is 14.1. The lowest BCUT2D eigenvalue weighted by atomic mass is 10.2. The van der Waals surface area contributed by atoms with E-state index in [-0.39, 0.29) is 11.6 Å². The number of rotatable bonds is 2. The SMILES string of the molecule is CNc1snc(C)c1C(=O)N1CCn2c(nn(C)c2=O)C1. The Labute approximate surface area is 125 Å². The molecule has 9 heteroatoms. The fourth-order valence-electron chi connectivity index (χ4n) is 2.49. The summed E-state index contributed by atoms with van der Waals surface area (Å²) in [5.41, 5.74) is 1.19. The van der Waals surface area contributed by atoms with Gasteiger partial charge in [0.15, 0.2) is 5.82 Å². The molecule has 0 saturated carbocycles. The van der Waals surface area contributed by atoms with Gasteiger partial charge in [-0.1, -0.05) is 0 Å². The van der Waals surface area contributed by atoms with Gasteiger partial charge < -0.3 is 10.2 Å². The Balaban J connectivity index is 1.91. The van der Waals surface area contributed by atoms with E-state index in [1.54, 1.807) is 23.6 Å². The molecule has 2 aromatic heterocycles.